The van der Waals surface area contributed by atoms with Crippen molar-refractivity contribution < 1.29 is 24.0 Å². The minimum atomic E-state index is -0.954. The molecule has 1 spiro atoms. The van der Waals surface area contributed by atoms with Crippen molar-refractivity contribution in [3.63, 3.8) is 0 Å². The molecule has 0 saturated carbocycles. The number of esters is 1. The molecule has 0 radical (unpaired) electrons. The lowest BCUT2D eigenvalue weighted by molar-refractivity contribution is -0.383. The summed E-state index contributed by atoms with van der Waals surface area (Å²) in [6.07, 6.45) is 0.721. The highest BCUT2D eigenvalue weighted by atomic mass is 35.5. The van der Waals surface area contributed by atoms with Gasteiger partial charge in [0.25, 0.3) is 5.69 Å². The third-order valence-corrected chi connectivity index (χ3v) is 5.03. The van der Waals surface area contributed by atoms with E-state index in [9.17, 15) is 19.7 Å². The Morgan fingerprint density at radius 2 is 2.15 bits per heavy atom. The number of nitrogens with zero attached hydrogens (tertiary/aromatic N) is 1. The second-order valence-corrected chi connectivity index (χ2v) is 7.67. The van der Waals surface area contributed by atoms with Crippen molar-refractivity contribution in [2.24, 2.45) is 5.92 Å². The minimum Gasteiger partial charge on any atom is -0.458 e. The van der Waals surface area contributed by atoms with E-state index in [-0.39, 0.29) is 22.8 Å². The van der Waals surface area contributed by atoms with E-state index in [4.69, 9.17) is 21.1 Å². The van der Waals surface area contributed by atoms with E-state index in [1.807, 2.05) is 13.8 Å². The molecule has 2 atom stereocenters. The maximum absolute atomic E-state index is 12.9. The van der Waals surface area contributed by atoms with Gasteiger partial charge >= 0.3 is 5.97 Å². The first-order valence-corrected chi connectivity index (χ1v) is 8.60. The zero-order valence-corrected chi connectivity index (χ0v) is 15.2. The van der Waals surface area contributed by atoms with Crippen molar-refractivity contribution in [2.45, 2.75) is 44.3 Å². The Bertz CT molecular complexity index is 781. The Kier molecular flexibility index (Phi) is 4.66. The number of rotatable bonds is 3. The van der Waals surface area contributed by atoms with Crippen LogP contribution in [0.3, 0.4) is 0 Å². The van der Waals surface area contributed by atoms with Crippen molar-refractivity contribution in [1.29, 1.82) is 0 Å². The third-order valence-electron chi connectivity index (χ3n) is 4.80. The molecule has 1 amide bonds. The summed E-state index contributed by atoms with van der Waals surface area (Å²) in [4.78, 5) is 35.4. The summed E-state index contributed by atoms with van der Waals surface area (Å²) in [6, 6.07) is 3.99. The molecule has 2 aliphatic rings. The quantitative estimate of drug-likeness (QED) is 0.489. The minimum absolute atomic E-state index is 0.0326. The molecule has 0 bridgehead atoms. The van der Waals surface area contributed by atoms with Gasteiger partial charge in [-0.3, -0.25) is 19.7 Å². The van der Waals surface area contributed by atoms with Gasteiger partial charge in [-0.05, 0) is 26.0 Å². The van der Waals surface area contributed by atoms with Crippen molar-refractivity contribution in [3.8, 4) is 0 Å². The number of carbonyl (C=O) groups excluding carboxylic acids is 2. The van der Waals surface area contributed by atoms with Crippen LogP contribution in [0.15, 0.2) is 18.2 Å². The highest BCUT2D eigenvalue weighted by molar-refractivity contribution is 6.31. The Balaban J connectivity index is 1.87. The second-order valence-electron chi connectivity index (χ2n) is 7.24. The number of carbonyl (C=O) groups is 2. The van der Waals surface area contributed by atoms with E-state index in [0.29, 0.717) is 19.4 Å². The number of ether oxygens (including phenoxy) is 2. The van der Waals surface area contributed by atoms with Gasteiger partial charge in [-0.1, -0.05) is 11.6 Å². The Morgan fingerprint density at radius 3 is 2.81 bits per heavy atom. The topological polar surface area (TPSA) is 108 Å². The zero-order valence-electron chi connectivity index (χ0n) is 14.4. The van der Waals surface area contributed by atoms with Gasteiger partial charge in [0.15, 0.2) is 0 Å². The van der Waals surface area contributed by atoms with E-state index < -0.39 is 33.9 Å². The predicted molar refractivity (Wildman–Crippen MR) is 92.9 cm³/mol. The molecule has 8 nitrogen and oxygen atoms in total. The largest absolute Gasteiger partial charge is 0.458 e. The summed E-state index contributed by atoms with van der Waals surface area (Å²) in [7, 11) is 0. The molecule has 26 heavy (non-hydrogen) atoms. The molecule has 0 unspecified atom stereocenters. The van der Waals surface area contributed by atoms with Crippen LogP contribution >= 0.6 is 11.6 Å². The van der Waals surface area contributed by atoms with Gasteiger partial charge in [-0.15, -0.1) is 0 Å². The monoisotopic (exact) mass is 382 g/mol. The van der Waals surface area contributed by atoms with Crippen LogP contribution in [0.1, 0.15) is 33.1 Å². The van der Waals surface area contributed by atoms with E-state index in [1.165, 1.54) is 18.2 Å². The van der Waals surface area contributed by atoms with Gasteiger partial charge in [0.1, 0.15) is 11.3 Å². The van der Waals surface area contributed by atoms with Crippen molar-refractivity contribution in [1.82, 2.24) is 0 Å². The van der Waals surface area contributed by atoms with Gasteiger partial charge in [0, 0.05) is 23.9 Å². The Hall–Kier alpha value is -2.19. The number of anilines is 1. The SMILES string of the molecule is CC1(C)C[C@@]2(CCO1)OC(=O)C[C@H]2C(=O)Nc1ccc(Cl)cc1[N+](=O)[O-]. The average Bonchev–Trinajstić information content (AvgIpc) is 2.83. The zero-order chi connectivity index (χ0) is 19.1. The van der Waals surface area contributed by atoms with Gasteiger partial charge < -0.3 is 14.8 Å². The Labute approximate surface area is 154 Å². The number of nitro groups is 1. The first-order valence-electron chi connectivity index (χ1n) is 8.22. The first kappa shape index (κ1) is 18.6. The summed E-state index contributed by atoms with van der Waals surface area (Å²) in [5.74, 6) is -1.68. The van der Waals surface area contributed by atoms with Crippen LogP contribution in [0.25, 0.3) is 0 Å². The summed E-state index contributed by atoms with van der Waals surface area (Å²) in [5.41, 5.74) is -1.76. The van der Waals surface area contributed by atoms with Crippen molar-refractivity contribution in [3.05, 3.63) is 33.3 Å². The second kappa shape index (κ2) is 6.51. The van der Waals surface area contributed by atoms with E-state index in [0.717, 1.165) is 0 Å². The van der Waals surface area contributed by atoms with Crippen LogP contribution in [0.4, 0.5) is 11.4 Å². The lowest BCUT2D eigenvalue weighted by Gasteiger charge is -2.43. The van der Waals surface area contributed by atoms with Gasteiger partial charge in [-0.2, -0.15) is 0 Å². The summed E-state index contributed by atoms with van der Waals surface area (Å²) in [6.45, 7) is 4.11. The molecule has 3 rings (SSSR count). The van der Waals surface area contributed by atoms with Gasteiger partial charge in [0.05, 0.1) is 29.5 Å². The standard InChI is InChI=1S/C17H19ClN2O6/c1-16(2)9-17(5-6-25-16)11(8-14(21)26-17)15(22)19-12-4-3-10(18)7-13(12)20(23)24/h3-4,7,11H,5-6,8-9H2,1-2H3,(H,19,22)/t11-,17+/m0/s1. The normalized spacial score (nSPS) is 27.2. The highest BCUT2D eigenvalue weighted by Crippen LogP contribution is 2.46. The number of halogens is 1. The molecule has 9 heteroatoms. The first-order chi connectivity index (χ1) is 12.1. The molecule has 1 aromatic rings. The van der Waals surface area contributed by atoms with Crippen molar-refractivity contribution >= 4 is 34.9 Å². The number of benzene rings is 1. The molecule has 1 aromatic carbocycles. The fourth-order valence-electron chi connectivity index (χ4n) is 3.75. The Morgan fingerprint density at radius 1 is 1.42 bits per heavy atom. The van der Waals surface area contributed by atoms with Crippen LogP contribution < -0.4 is 5.32 Å². The molecule has 2 aliphatic heterocycles. The fourth-order valence-corrected chi connectivity index (χ4v) is 3.92. The fraction of sp³-hybridized carbons (Fsp3) is 0.529. The lowest BCUT2D eigenvalue weighted by atomic mass is 9.75. The predicted octanol–water partition coefficient (Wildman–Crippen LogP) is 3.08. The third kappa shape index (κ3) is 3.52. The van der Waals surface area contributed by atoms with Crippen molar-refractivity contribution in [2.75, 3.05) is 11.9 Å². The summed E-state index contributed by atoms with van der Waals surface area (Å²) >= 11 is 5.80. The number of hydrogen-bond donors (Lipinski definition) is 1. The smallest absolute Gasteiger partial charge is 0.307 e. The number of nitrogens with one attached hydrogen (secondary N) is 1. The highest BCUT2D eigenvalue weighted by Gasteiger charge is 2.56. The maximum Gasteiger partial charge on any atom is 0.307 e. The molecule has 0 aromatic heterocycles. The number of hydrogen-bond acceptors (Lipinski definition) is 6. The number of amides is 1. The maximum atomic E-state index is 12.9. The van der Waals surface area contributed by atoms with Gasteiger partial charge in [-0.25, -0.2) is 0 Å². The molecule has 1 N–H and O–H groups in total. The van der Waals surface area contributed by atoms with Crippen LogP contribution in [-0.2, 0) is 19.1 Å². The molecule has 2 saturated heterocycles. The van der Waals surface area contributed by atoms with E-state index in [1.54, 1.807) is 0 Å². The van der Waals surface area contributed by atoms with Gasteiger partial charge in [0.2, 0.25) is 5.91 Å². The van der Waals surface area contributed by atoms with E-state index in [2.05, 4.69) is 5.32 Å². The molecule has 0 aliphatic carbocycles. The average molecular weight is 383 g/mol. The van der Waals surface area contributed by atoms with Crippen LogP contribution in [0, 0.1) is 16.0 Å². The molecular formula is C17H19ClN2O6. The van der Waals surface area contributed by atoms with E-state index >= 15 is 0 Å². The van der Waals surface area contributed by atoms with Crippen LogP contribution in [-0.4, -0.2) is 34.6 Å². The number of nitro benzene ring substituents is 1. The van der Waals surface area contributed by atoms with Crippen LogP contribution in [0.2, 0.25) is 5.02 Å². The summed E-state index contributed by atoms with van der Waals surface area (Å²) < 4.78 is 11.2. The summed E-state index contributed by atoms with van der Waals surface area (Å²) in [5, 5.41) is 14.0. The molecular weight excluding hydrogens is 364 g/mol. The molecule has 140 valence electrons. The molecule has 2 heterocycles. The molecule has 2 fully saturated rings. The lowest BCUT2D eigenvalue weighted by Crippen LogP contribution is -2.52. The van der Waals surface area contributed by atoms with Crippen LogP contribution in [0.5, 0.6) is 0 Å².